The monoisotopic (exact) mass is 327 g/mol. The van der Waals surface area contributed by atoms with Gasteiger partial charge in [-0.3, -0.25) is 4.79 Å². The van der Waals surface area contributed by atoms with Gasteiger partial charge in [0.1, 0.15) is 11.5 Å². The average molecular weight is 327 g/mol. The van der Waals surface area contributed by atoms with Gasteiger partial charge >= 0.3 is 0 Å². The summed E-state index contributed by atoms with van der Waals surface area (Å²) >= 11 is 0. The van der Waals surface area contributed by atoms with Crippen molar-refractivity contribution in [3.05, 3.63) is 59.7 Å². The van der Waals surface area contributed by atoms with Crippen LogP contribution < -0.4 is 9.47 Å². The predicted octanol–water partition coefficient (Wildman–Crippen LogP) is 3.86. The molecular formula is C20H25NO3. The maximum Gasteiger partial charge on any atom is 0.230 e. The Balaban J connectivity index is 2.16. The van der Waals surface area contributed by atoms with Crippen molar-refractivity contribution in [2.24, 2.45) is 0 Å². The van der Waals surface area contributed by atoms with Crippen LogP contribution >= 0.6 is 0 Å². The number of nitrogens with zero attached hydrogens (tertiary/aromatic N) is 1. The summed E-state index contributed by atoms with van der Waals surface area (Å²) in [6.45, 7) is 2.53. The summed E-state index contributed by atoms with van der Waals surface area (Å²) in [6.07, 6.45) is 0.771. The lowest BCUT2D eigenvalue weighted by Gasteiger charge is -2.24. The molecule has 0 heterocycles. The van der Waals surface area contributed by atoms with E-state index in [9.17, 15) is 4.79 Å². The first kappa shape index (κ1) is 17.9. The fraction of sp³-hybridized carbons (Fsp3) is 0.350. The van der Waals surface area contributed by atoms with Crippen LogP contribution in [-0.2, 0) is 11.3 Å². The molecule has 1 amide bonds. The molecule has 2 rings (SSSR count). The summed E-state index contributed by atoms with van der Waals surface area (Å²) < 4.78 is 10.6. The molecule has 0 saturated heterocycles. The zero-order chi connectivity index (χ0) is 17.5. The van der Waals surface area contributed by atoms with Gasteiger partial charge in [0.15, 0.2) is 0 Å². The highest BCUT2D eigenvalue weighted by atomic mass is 16.5. The van der Waals surface area contributed by atoms with E-state index >= 15 is 0 Å². The maximum atomic E-state index is 12.9. The van der Waals surface area contributed by atoms with Gasteiger partial charge in [-0.2, -0.15) is 0 Å². The van der Waals surface area contributed by atoms with E-state index in [0.717, 1.165) is 29.0 Å². The Kier molecular flexibility index (Phi) is 6.24. The van der Waals surface area contributed by atoms with Crippen LogP contribution in [-0.4, -0.2) is 32.1 Å². The normalized spacial score (nSPS) is 11.7. The smallest absolute Gasteiger partial charge is 0.230 e. The molecule has 0 aliphatic heterocycles. The number of hydrogen-bond donors (Lipinski definition) is 0. The molecule has 0 fully saturated rings. The van der Waals surface area contributed by atoms with Gasteiger partial charge in [-0.25, -0.2) is 0 Å². The van der Waals surface area contributed by atoms with E-state index in [0.29, 0.717) is 6.54 Å². The van der Waals surface area contributed by atoms with Gasteiger partial charge in [-0.05, 0) is 24.1 Å². The minimum atomic E-state index is -0.125. The highest BCUT2D eigenvalue weighted by Gasteiger charge is 2.22. The molecule has 4 heteroatoms. The number of rotatable bonds is 7. The number of carbonyl (C=O) groups excluding carboxylic acids is 1. The number of methoxy groups -OCH3 is 2. The second kappa shape index (κ2) is 8.39. The van der Waals surface area contributed by atoms with Gasteiger partial charge in [0.2, 0.25) is 5.91 Å². The Morgan fingerprint density at radius 2 is 1.79 bits per heavy atom. The van der Waals surface area contributed by atoms with E-state index < -0.39 is 0 Å². The van der Waals surface area contributed by atoms with Gasteiger partial charge in [0.05, 0.1) is 20.1 Å². The molecule has 24 heavy (non-hydrogen) atoms. The largest absolute Gasteiger partial charge is 0.497 e. The Morgan fingerprint density at radius 1 is 1.08 bits per heavy atom. The molecule has 0 saturated carbocycles. The van der Waals surface area contributed by atoms with Gasteiger partial charge < -0.3 is 14.4 Å². The van der Waals surface area contributed by atoms with Crippen molar-refractivity contribution in [1.29, 1.82) is 0 Å². The fourth-order valence-electron chi connectivity index (χ4n) is 2.82. The van der Waals surface area contributed by atoms with Crippen molar-refractivity contribution in [2.45, 2.75) is 25.8 Å². The molecule has 0 aliphatic rings. The Morgan fingerprint density at radius 3 is 2.38 bits per heavy atom. The van der Waals surface area contributed by atoms with Crippen LogP contribution in [0, 0.1) is 0 Å². The molecule has 0 spiro atoms. The molecular weight excluding hydrogens is 302 g/mol. The van der Waals surface area contributed by atoms with Crippen molar-refractivity contribution < 1.29 is 14.3 Å². The second-order valence-corrected chi connectivity index (χ2v) is 5.74. The zero-order valence-electron chi connectivity index (χ0n) is 14.8. The molecule has 2 aromatic carbocycles. The lowest BCUT2D eigenvalue weighted by molar-refractivity contribution is -0.132. The lowest BCUT2D eigenvalue weighted by atomic mass is 9.95. The van der Waals surface area contributed by atoms with Crippen molar-refractivity contribution in [2.75, 3.05) is 21.3 Å². The topological polar surface area (TPSA) is 38.8 Å². The van der Waals surface area contributed by atoms with Crippen LogP contribution in [0.2, 0.25) is 0 Å². The number of likely N-dealkylation sites (N-methyl/N-ethyl adjacent to an activating group) is 1. The third kappa shape index (κ3) is 4.07. The summed E-state index contributed by atoms with van der Waals surface area (Å²) in [5.41, 5.74) is 2.01. The molecule has 4 nitrogen and oxygen atoms in total. The van der Waals surface area contributed by atoms with Crippen LogP contribution in [0.25, 0.3) is 0 Å². The van der Waals surface area contributed by atoms with E-state index in [2.05, 4.69) is 0 Å². The van der Waals surface area contributed by atoms with E-state index in [1.54, 1.807) is 19.1 Å². The summed E-state index contributed by atoms with van der Waals surface area (Å²) in [7, 11) is 5.08. The first-order valence-corrected chi connectivity index (χ1v) is 8.11. The third-order valence-corrected chi connectivity index (χ3v) is 4.19. The third-order valence-electron chi connectivity index (χ3n) is 4.19. The highest BCUT2D eigenvalue weighted by molar-refractivity contribution is 5.83. The van der Waals surface area contributed by atoms with E-state index in [-0.39, 0.29) is 11.8 Å². The van der Waals surface area contributed by atoms with Crippen LogP contribution in [0.15, 0.2) is 48.5 Å². The van der Waals surface area contributed by atoms with E-state index in [1.807, 2.05) is 62.5 Å². The average Bonchev–Trinajstić information content (AvgIpc) is 2.63. The summed E-state index contributed by atoms with van der Waals surface area (Å²) in [4.78, 5) is 14.6. The number of amides is 1. The van der Waals surface area contributed by atoms with Crippen LogP contribution in [0.3, 0.4) is 0 Å². The minimum Gasteiger partial charge on any atom is -0.497 e. The highest BCUT2D eigenvalue weighted by Crippen LogP contribution is 2.27. The Labute approximate surface area is 144 Å². The van der Waals surface area contributed by atoms with Crippen LogP contribution in [0.5, 0.6) is 11.5 Å². The van der Waals surface area contributed by atoms with E-state index in [4.69, 9.17) is 9.47 Å². The summed E-state index contributed by atoms with van der Waals surface area (Å²) in [6, 6.07) is 15.6. The fourth-order valence-corrected chi connectivity index (χ4v) is 2.82. The molecule has 0 aliphatic carbocycles. The molecule has 128 valence electrons. The molecule has 1 unspecified atom stereocenters. The number of hydrogen-bond acceptors (Lipinski definition) is 3. The van der Waals surface area contributed by atoms with E-state index in [1.165, 1.54) is 0 Å². The first-order chi connectivity index (χ1) is 11.6. The van der Waals surface area contributed by atoms with Crippen LogP contribution in [0.4, 0.5) is 0 Å². The molecule has 2 aromatic rings. The Bertz CT molecular complexity index is 670. The van der Waals surface area contributed by atoms with Crippen molar-refractivity contribution >= 4 is 5.91 Å². The summed E-state index contributed by atoms with van der Waals surface area (Å²) in [5, 5.41) is 0. The molecule has 1 atom stereocenters. The minimum absolute atomic E-state index is 0.113. The second-order valence-electron chi connectivity index (χ2n) is 5.74. The SMILES string of the molecule is CCC(C(=O)N(C)Cc1ccc(OC)cc1OC)c1ccccc1. The summed E-state index contributed by atoms with van der Waals surface area (Å²) in [5.74, 6) is 1.45. The van der Waals surface area contributed by atoms with Gasteiger partial charge in [-0.15, -0.1) is 0 Å². The maximum absolute atomic E-state index is 12.9. The number of ether oxygens (including phenoxy) is 2. The molecule has 0 N–H and O–H groups in total. The molecule has 0 bridgehead atoms. The van der Waals surface area contributed by atoms with Crippen LogP contribution in [0.1, 0.15) is 30.4 Å². The Hall–Kier alpha value is -2.49. The predicted molar refractivity (Wildman–Crippen MR) is 95.5 cm³/mol. The quantitative estimate of drug-likeness (QED) is 0.775. The molecule has 0 radical (unpaired) electrons. The van der Waals surface area contributed by atoms with Crippen molar-refractivity contribution in [1.82, 2.24) is 4.90 Å². The number of carbonyl (C=O) groups is 1. The zero-order valence-corrected chi connectivity index (χ0v) is 14.8. The van der Waals surface area contributed by atoms with Crippen molar-refractivity contribution in [3.8, 4) is 11.5 Å². The van der Waals surface area contributed by atoms with Gasteiger partial charge in [0, 0.05) is 25.2 Å². The lowest BCUT2D eigenvalue weighted by Crippen LogP contribution is -2.31. The molecule has 0 aromatic heterocycles. The van der Waals surface area contributed by atoms with Crippen molar-refractivity contribution in [3.63, 3.8) is 0 Å². The number of benzene rings is 2. The standard InChI is InChI=1S/C20H25NO3/c1-5-18(15-9-7-6-8-10-15)20(22)21(2)14-16-11-12-17(23-3)13-19(16)24-4/h6-13,18H,5,14H2,1-4H3. The van der Waals surface area contributed by atoms with Gasteiger partial charge in [-0.1, -0.05) is 37.3 Å². The first-order valence-electron chi connectivity index (χ1n) is 8.11. The van der Waals surface area contributed by atoms with Gasteiger partial charge in [0.25, 0.3) is 0 Å².